The second-order valence-corrected chi connectivity index (χ2v) is 9.09. The van der Waals surface area contributed by atoms with E-state index in [9.17, 15) is 4.79 Å². The molecule has 2 aromatic carbocycles. The highest BCUT2D eigenvalue weighted by Crippen LogP contribution is 2.34. The van der Waals surface area contributed by atoms with Crippen LogP contribution in [0, 0.1) is 12.8 Å². The highest BCUT2D eigenvalue weighted by atomic mass is 16.5. The molecule has 0 atom stereocenters. The highest BCUT2D eigenvalue weighted by molar-refractivity contribution is 5.94. The molecular weight excluding hydrogens is 430 g/mol. The average Bonchev–Trinajstić information content (AvgIpc) is 3.27. The van der Waals surface area contributed by atoms with Crippen molar-refractivity contribution < 1.29 is 18.8 Å². The lowest BCUT2D eigenvalue weighted by atomic mass is 10.0. The lowest BCUT2D eigenvalue weighted by Gasteiger charge is -2.29. The van der Waals surface area contributed by atoms with Gasteiger partial charge in [-0.05, 0) is 43.2 Å². The van der Waals surface area contributed by atoms with Crippen molar-refractivity contribution in [2.45, 2.75) is 27.3 Å². The van der Waals surface area contributed by atoms with Crippen molar-refractivity contribution in [2.75, 3.05) is 44.9 Å². The molecule has 1 aliphatic rings. The van der Waals surface area contributed by atoms with E-state index >= 15 is 0 Å². The molecule has 0 bridgehead atoms. The molecule has 0 N–H and O–H groups in total. The SMILES string of the molecule is COc1ccc(C(=O)N(Cc2c(-c3cccc(C)c3)noc2N2CCOCC2)CC(C)C)cc1. The van der Waals surface area contributed by atoms with Gasteiger partial charge in [-0.2, -0.15) is 0 Å². The number of ether oxygens (including phenoxy) is 2. The monoisotopic (exact) mass is 463 g/mol. The van der Waals surface area contributed by atoms with Gasteiger partial charge in [-0.1, -0.05) is 42.8 Å². The molecule has 1 saturated heterocycles. The molecule has 180 valence electrons. The lowest BCUT2D eigenvalue weighted by molar-refractivity contribution is 0.0722. The second kappa shape index (κ2) is 10.7. The minimum absolute atomic E-state index is 0.0272. The standard InChI is InChI=1S/C27H33N3O4/c1-19(2)17-30(26(31)21-8-10-23(32-4)11-9-21)18-24-25(22-7-5-6-20(3)16-22)28-34-27(24)29-12-14-33-15-13-29/h5-11,16,19H,12-15,17-18H2,1-4H3. The van der Waals surface area contributed by atoms with Crippen LogP contribution in [-0.2, 0) is 11.3 Å². The van der Waals surface area contributed by atoms with E-state index in [0.29, 0.717) is 37.8 Å². The molecule has 3 aromatic rings. The topological polar surface area (TPSA) is 68.0 Å². The summed E-state index contributed by atoms with van der Waals surface area (Å²) < 4.78 is 16.7. The van der Waals surface area contributed by atoms with Gasteiger partial charge in [-0.25, -0.2) is 0 Å². The maximum absolute atomic E-state index is 13.6. The van der Waals surface area contributed by atoms with Crippen molar-refractivity contribution in [3.63, 3.8) is 0 Å². The van der Waals surface area contributed by atoms with Gasteiger partial charge in [0, 0.05) is 30.8 Å². The molecule has 34 heavy (non-hydrogen) atoms. The van der Waals surface area contributed by atoms with E-state index in [1.807, 2.05) is 41.3 Å². The molecule has 0 spiro atoms. The van der Waals surface area contributed by atoms with Crippen LogP contribution in [0.3, 0.4) is 0 Å². The van der Waals surface area contributed by atoms with Crippen molar-refractivity contribution in [3.8, 4) is 17.0 Å². The predicted molar refractivity (Wildman–Crippen MR) is 132 cm³/mol. The smallest absolute Gasteiger partial charge is 0.254 e. The number of aryl methyl sites for hydroxylation is 1. The van der Waals surface area contributed by atoms with Gasteiger partial charge < -0.3 is 23.8 Å². The summed E-state index contributed by atoms with van der Waals surface area (Å²) in [6.45, 7) is 10.1. The van der Waals surface area contributed by atoms with Crippen LogP contribution in [0.25, 0.3) is 11.3 Å². The molecular formula is C27H33N3O4. The minimum atomic E-state index is -0.0272. The molecule has 2 heterocycles. The van der Waals surface area contributed by atoms with E-state index in [4.69, 9.17) is 14.0 Å². The molecule has 0 saturated carbocycles. The highest BCUT2D eigenvalue weighted by Gasteiger charge is 2.28. The Labute approximate surface area is 201 Å². The van der Waals surface area contributed by atoms with Crippen LogP contribution in [0.15, 0.2) is 53.1 Å². The number of carbonyl (C=O) groups excluding carboxylic acids is 1. The Morgan fingerprint density at radius 2 is 1.88 bits per heavy atom. The van der Waals surface area contributed by atoms with Crippen molar-refractivity contribution in [3.05, 3.63) is 65.2 Å². The molecule has 0 aliphatic carbocycles. The zero-order valence-electron chi connectivity index (χ0n) is 20.4. The third-order valence-corrected chi connectivity index (χ3v) is 5.92. The number of amides is 1. The van der Waals surface area contributed by atoms with Gasteiger partial charge in [0.15, 0.2) is 0 Å². The van der Waals surface area contributed by atoms with E-state index in [0.717, 1.165) is 47.1 Å². The Hall–Kier alpha value is -3.32. The third-order valence-electron chi connectivity index (χ3n) is 5.92. The maximum Gasteiger partial charge on any atom is 0.254 e. The van der Waals surface area contributed by atoms with Gasteiger partial charge in [-0.15, -0.1) is 0 Å². The van der Waals surface area contributed by atoms with E-state index in [-0.39, 0.29) is 5.91 Å². The van der Waals surface area contributed by atoms with Crippen LogP contribution < -0.4 is 9.64 Å². The third kappa shape index (κ3) is 5.42. The van der Waals surface area contributed by atoms with E-state index in [1.54, 1.807) is 7.11 Å². The number of aromatic nitrogens is 1. The van der Waals surface area contributed by atoms with E-state index < -0.39 is 0 Å². The number of hydrogen-bond acceptors (Lipinski definition) is 6. The van der Waals surface area contributed by atoms with Crippen LogP contribution in [0.4, 0.5) is 5.88 Å². The summed E-state index contributed by atoms with van der Waals surface area (Å²) in [7, 11) is 1.62. The van der Waals surface area contributed by atoms with Gasteiger partial charge in [0.05, 0.1) is 32.4 Å². The summed E-state index contributed by atoms with van der Waals surface area (Å²) in [5.74, 6) is 1.72. The molecule has 7 nitrogen and oxygen atoms in total. The number of carbonyl (C=O) groups is 1. The summed E-state index contributed by atoms with van der Waals surface area (Å²) in [4.78, 5) is 17.7. The number of benzene rings is 2. The molecule has 7 heteroatoms. The van der Waals surface area contributed by atoms with Gasteiger partial charge in [0.1, 0.15) is 11.4 Å². The summed E-state index contributed by atoms with van der Waals surface area (Å²) in [5, 5.41) is 4.48. The first-order chi connectivity index (χ1) is 16.5. The maximum atomic E-state index is 13.6. The number of hydrogen-bond donors (Lipinski definition) is 0. The Morgan fingerprint density at radius 3 is 2.53 bits per heavy atom. The fraction of sp³-hybridized carbons (Fsp3) is 0.407. The lowest BCUT2D eigenvalue weighted by Crippen LogP contribution is -2.38. The van der Waals surface area contributed by atoms with E-state index in [1.165, 1.54) is 0 Å². The number of nitrogens with zero attached hydrogens (tertiary/aromatic N) is 3. The van der Waals surface area contributed by atoms with Gasteiger partial charge in [-0.3, -0.25) is 4.79 Å². The van der Waals surface area contributed by atoms with Crippen LogP contribution in [0.2, 0.25) is 0 Å². The van der Waals surface area contributed by atoms with Crippen LogP contribution in [0.5, 0.6) is 5.75 Å². The van der Waals surface area contributed by atoms with Crippen LogP contribution in [0.1, 0.15) is 35.3 Å². The number of methoxy groups -OCH3 is 1. The fourth-order valence-electron chi connectivity index (χ4n) is 4.24. The first-order valence-corrected chi connectivity index (χ1v) is 11.8. The Morgan fingerprint density at radius 1 is 1.15 bits per heavy atom. The van der Waals surface area contributed by atoms with Crippen molar-refractivity contribution >= 4 is 11.8 Å². The molecule has 0 radical (unpaired) electrons. The van der Waals surface area contributed by atoms with Gasteiger partial charge >= 0.3 is 0 Å². The summed E-state index contributed by atoms with van der Waals surface area (Å²) in [5.41, 5.74) is 4.46. The first kappa shape index (κ1) is 23.8. The van der Waals surface area contributed by atoms with E-state index in [2.05, 4.69) is 43.0 Å². The van der Waals surface area contributed by atoms with Crippen molar-refractivity contribution in [2.24, 2.45) is 5.92 Å². The zero-order valence-corrected chi connectivity index (χ0v) is 20.4. The molecule has 1 aromatic heterocycles. The van der Waals surface area contributed by atoms with Gasteiger partial charge in [0.25, 0.3) is 5.91 Å². The number of morpholine rings is 1. The Kier molecular flexibility index (Phi) is 7.53. The molecule has 1 fully saturated rings. The Balaban J connectivity index is 1.72. The minimum Gasteiger partial charge on any atom is -0.497 e. The molecule has 1 aliphatic heterocycles. The summed E-state index contributed by atoms with van der Waals surface area (Å²) in [6.07, 6.45) is 0. The van der Waals surface area contributed by atoms with Crippen LogP contribution >= 0.6 is 0 Å². The van der Waals surface area contributed by atoms with Crippen molar-refractivity contribution in [1.82, 2.24) is 10.1 Å². The first-order valence-electron chi connectivity index (χ1n) is 11.8. The van der Waals surface area contributed by atoms with Gasteiger partial charge in [0.2, 0.25) is 5.88 Å². The number of anilines is 1. The fourth-order valence-corrected chi connectivity index (χ4v) is 4.24. The largest absolute Gasteiger partial charge is 0.497 e. The number of rotatable bonds is 8. The average molecular weight is 464 g/mol. The molecule has 1 amide bonds. The molecule has 0 unspecified atom stereocenters. The van der Waals surface area contributed by atoms with Crippen LogP contribution in [-0.4, -0.2) is 55.9 Å². The predicted octanol–water partition coefficient (Wildman–Crippen LogP) is 4.79. The normalized spacial score (nSPS) is 13.9. The Bertz CT molecular complexity index is 1100. The quantitative estimate of drug-likeness (QED) is 0.478. The van der Waals surface area contributed by atoms with Crippen molar-refractivity contribution in [1.29, 1.82) is 0 Å². The zero-order chi connectivity index (χ0) is 24.1. The molecule has 4 rings (SSSR count). The summed E-state index contributed by atoms with van der Waals surface area (Å²) in [6, 6.07) is 15.5. The second-order valence-electron chi connectivity index (χ2n) is 9.09. The summed E-state index contributed by atoms with van der Waals surface area (Å²) >= 11 is 0.